The van der Waals surface area contributed by atoms with Crippen LogP contribution >= 0.6 is 0 Å². The highest BCUT2D eigenvalue weighted by Gasteiger charge is 2.10. The first kappa shape index (κ1) is 17.2. The zero-order chi connectivity index (χ0) is 20.2. The van der Waals surface area contributed by atoms with Crippen molar-refractivity contribution in [2.45, 2.75) is 13.8 Å². The van der Waals surface area contributed by atoms with Crippen LogP contribution in [0.4, 0.5) is 0 Å². The van der Waals surface area contributed by atoms with Gasteiger partial charge in [0.05, 0.1) is 0 Å². The fourth-order valence-electron chi connectivity index (χ4n) is 4.88. The number of hydrogen-bond acceptors (Lipinski definition) is 0. The molecular formula is C30H22. The number of fused-ring (bicyclic) bond motifs is 4. The van der Waals surface area contributed by atoms with Crippen LogP contribution in [0.2, 0.25) is 0 Å². The second-order valence-corrected chi connectivity index (χ2v) is 8.35. The molecular weight excluding hydrogens is 360 g/mol. The van der Waals surface area contributed by atoms with Gasteiger partial charge in [0.2, 0.25) is 0 Å². The van der Waals surface area contributed by atoms with E-state index in [-0.39, 0.29) is 0 Å². The van der Waals surface area contributed by atoms with Crippen LogP contribution in [-0.4, -0.2) is 0 Å². The van der Waals surface area contributed by atoms with E-state index < -0.39 is 0 Å². The van der Waals surface area contributed by atoms with Crippen molar-refractivity contribution in [2.75, 3.05) is 0 Å². The lowest BCUT2D eigenvalue weighted by Gasteiger charge is -2.13. The lowest BCUT2D eigenvalue weighted by Crippen LogP contribution is -1.87. The van der Waals surface area contributed by atoms with Crippen LogP contribution in [0, 0.1) is 13.8 Å². The second kappa shape index (κ2) is 6.43. The molecule has 30 heavy (non-hydrogen) atoms. The third-order valence-corrected chi connectivity index (χ3v) is 6.48. The topological polar surface area (TPSA) is 0 Å². The summed E-state index contributed by atoms with van der Waals surface area (Å²) in [6.45, 7) is 4.38. The molecule has 6 rings (SSSR count). The Labute approximate surface area is 176 Å². The molecule has 0 fully saturated rings. The second-order valence-electron chi connectivity index (χ2n) is 8.35. The highest BCUT2D eigenvalue weighted by Crippen LogP contribution is 2.37. The van der Waals surface area contributed by atoms with E-state index in [1.165, 1.54) is 65.3 Å². The van der Waals surface area contributed by atoms with Gasteiger partial charge in [0.1, 0.15) is 0 Å². The average molecular weight is 383 g/mol. The Hall–Kier alpha value is -3.64. The Morgan fingerprint density at radius 3 is 1.13 bits per heavy atom. The number of benzene rings is 6. The van der Waals surface area contributed by atoms with Crippen molar-refractivity contribution in [1.82, 2.24) is 0 Å². The summed E-state index contributed by atoms with van der Waals surface area (Å²) < 4.78 is 0. The Bertz CT molecular complexity index is 1480. The summed E-state index contributed by atoms with van der Waals surface area (Å²) in [5.41, 5.74) is 5.25. The fourth-order valence-corrected chi connectivity index (χ4v) is 4.88. The first-order valence-corrected chi connectivity index (χ1v) is 10.5. The maximum atomic E-state index is 2.36. The van der Waals surface area contributed by atoms with Crippen molar-refractivity contribution in [3.05, 3.63) is 108 Å². The van der Waals surface area contributed by atoms with Gasteiger partial charge >= 0.3 is 0 Å². The molecule has 0 saturated heterocycles. The molecule has 142 valence electrons. The lowest BCUT2D eigenvalue weighted by molar-refractivity contribution is 1.54. The van der Waals surface area contributed by atoms with E-state index in [2.05, 4.69) is 111 Å². The van der Waals surface area contributed by atoms with Crippen LogP contribution in [0.5, 0.6) is 0 Å². The van der Waals surface area contributed by atoms with Gasteiger partial charge in [-0.05, 0) is 103 Å². The molecule has 0 heterocycles. The number of hydrogen-bond donors (Lipinski definition) is 0. The van der Waals surface area contributed by atoms with E-state index in [1.54, 1.807) is 0 Å². The largest absolute Gasteiger partial charge is 0.0614 e. The lowest BCUT2D eigenvalue weighted by atomic mass is 9.90. The van der Waals surface area contributed by atoms with Crippen molar-refractivity contribution in [2.24, 2.45) is 0 Å². The summed E-state index contributed by atoms with van der Waals surface area (Å²) in [4.78, 5) is 0. The molecule has 0 spiro atoms. The quantitative estimate of drug-likeness (QED) is 0.250. The van der Waals surface area contributed by atoms with Gasteiger partial charge in [0.15, 0.2) is 0 Å². The fraction of sp³-hybridized carbons (Fsp3) is 0.0667. The monoisotopic (exact) mass is 382 g/mol. The van der Waals surface area contributed by atoms with Crippen molar-refractivity contribution in [1.29, 1.82) is 0 Å². The molecule has 0 aromatic heterocycles. The molecule has 0 aliphatic heterocycles. The van der Waals surface area contributed by atoms with Crippen molar-refractivity contribution in [3.63, 3.8) is 0 Å². The molecule has 0 amide bonds. The van der Waals surface area contributed by atoms with Crippen LogP contribution in [0.15, 0.2) is 97.1 Å². The SMILES string of the molecule is Cc1cccc2cc3c(-c4cccc5cc6c(C)cccc6cc45)cccc3cc12. The minimum Gasteiger partial charge on any atom is -0.0614 e. The number of aryl methyl sites for hydroxylation is 2. The molecule has 0 heteroatoms. The van der Waals surface area contributed by atoms with E-state index >= 15 is 0 Å². The third-order valence-electron chi connectivity index (χ3n) is 6.48. The molecule has 0 atom stereocenters. The van der Waals surface area contributed by atoms with Crippen LogP contribution in [0.3, 0.4) is 0 Å². The Morgan fingerprint density at radius 1 is 0.367 bits per heavy atom. The molecule has 6 aromatic carbocycles. The van der Waals surface area contributed by atoms with Gasteiger partial charge in [-0.2, -0.15) is 0 Å². The standard InChI is InChI=1S/C30H22/c1-19-7-3-9-21-17-29-23(15-27(19)21)11-5-13-25(29)26-14-6-12-24-16-28-20(2)8-4-10-22(28)18-30(24)26/h3-18H,1-2H3. The van der Waals surface area contributed by atoms with Crippen molar-refractivity contribution >= 4 is 43.1 Å². The first-order valence-electron chi connectivity index (χ1n) is 10.5. The normalized spacial score (nSPS) is 11.7. The molecule has 0 aliphatic rings. The molecule has 0 unspecified atom stereocenters. The zero-order valence-corrected chi connectivity index (χ0v) is 17.2. The smallest absolute Gasteiger partial charge is 0.00988 e. The van der Waals surface area contributed by atoms with Crippen LogP contribution in [-0.2, 0) is 0 Å². The van der Waals surface area contributed by atoms with Gasteiger partial charge in [-0.15, -0.1) is 0 Å². The predicted molar refractivity (Wildman–Crippen MR) is 131 cm³/mol. The van der Waals surface area contributed by atoms with E-state index in [0.29, 0.717) is 0 Å². The summed E-state index contributed by atoms with van der Waals surface area (Å²) in [6.07, 6.45) is 0. The van der Waals surface area contributed by atoms with Gasteiger partial charge in [0, 0.05) is 0 Å². The number of rotatable bonds is 1. The average Bonchev–Trinajstić information content (AvgIpc) is 2.77. The highest BCUT2D eigenvalue weighted by atomic mass is 14.1. The van der Waals surface area contributed by atoms with Crippen molar-refractivity contribution < 1.29 is 0 Å². The Balaban J connectivity index is 1.71. The summed E-state index contributed by atoms with van der Waals surface area (Å²) in [7, 11) is 0. The summed E-state index contributed by atoms with van der Waals surface area (Å²) in [6, 6.07) is 35.9. The third kappa shape index (κ3) is 2.54. The maximum Gasteiger partial charge on any atom is -0.00988 e. The summed E-state index contributed by atoms with van der Waals surface area (Å²) >= 11 is 0. The maximum absolute atomic E-state index is 2.36. The first-order chi connectivity index (χ1) is 14.7. The molecule has 6 aromatic rings. The molecule has 0 nitrogen and oxygen atoms in total. The van der Waals surface area contributed by atoms with Crippen LogP contribution < -0.4 is 0 Å². The van der Waals surface area contributed by atoms with Gasteiger partial charge < -0.3 is 0 Å². The van der Waals surface area contributed by atoms with Crippen molar-refractivity contribution in [3.8, 4) is 11.1 Å². The molecule has 0 saturated carbocycles. The Morgan fingerprint density at radius 2 is 0.700 bits per heavy atom. The van der Waals surface area contributed by atoms with Gasteiger partial charge in [-0.25, -0.2) is 0 Å². The summed E-state index contributed by atoms with van der Waals surface area (Å²) in [5, 5.41) is 10.5. The van der Waals surface area contributed by atoms with E-state index in [1.807, 2.05) is 0 Å². The van der Waals surface area contributed by atoms with E-state index in [0.717, 1.165) is 0 Å². The Kier molecular flexibility index (Phi) is 3.70. The minimum absolute atomic E-state index is 1.29. The van der Waals surface area contributed by atoms with E-state index in [9.17, 15) is 0 Å². The van der Waals surface area contributed by atoms with Gasteiger partial charge in [0.25, 0.3) is 0 Å². The van der Waals surface area contributed by atoms with Gasteiger partial charge in [-0.1, -0.05) is 72.8 Å². The zero-order valence-electron chi connectivity index (χ0n) is 17.2. The molecule has 0 N–H and O–H groups in total. The molecule has 0 bridgehead atoms. The summed E-state index contributed by atoms with van der Waals surface area (Å²) in [5.74, 6) is 0. The van der Waals surface area contributed by atoms with Crippen LogP contribution in [0.25, 0.3) is 54.2 Å². The van der Waals surface area contributed by atoms with E-state index in [4.69, 9.17) is 0 Å². The van der Waals surface area contributed by atoms with Crippen LogP contribution in [0.1, 0.15) is 11.1 Å². The predicted octanol–water partition coefficient (Wildman–Crippen LogP) is 8.58. The van der Waals surface area contributed by atoms with Gasteiger partial charge in [-0.3, -0.25) is 0 Å². The molecule has 0 radical (unpaired) electrons. The molecule has 0 aliphatic carbocycles. The minimum atomic E-state index is 1.29. The highest BCUT2D eigenvalue weighted by molar-refractivity contribution is 6.12.